The second kappa shape index (κ2) is 4.28. The van der Waals surface area contributed by atoms with Crippen LogP contribution in [0.5, 0.6) is 0 Å². The van der Waals surface area contributed by atoms with Gasteiger partial charge in [-0.1, -0.05) is 30.3 Å². The van der Waals surface area contributed by atoms with Crippen molar-refractivity contribution >= 4 is 6.09 Å². The first kappa shape index (κ1) is 11.5. The lowest BCUT2D eigenvalue weighted by Gasteiger charge is -2.46. The Hall–Kier alpha value is -1.55. The van der Waals surface area contributed by atoms with Crippen LogP contribution in [0.4, 0.5) is 4.79 Å². The second-order valence-electron chi connectivity index (χ2n) is 5.27. The number of nitrogens with zero attached hydrogens (tertiary/aromatic N) is 1. The standard InChI is InChI=1S/C14H17NO3/c16-13(18-8-11-4-2-1-3-5-11)15-9-14(17,10-15)12-6-7-12/h1-5,12,17H,6-10H2. The smallest absolute Gasteiger partial charge is 0.410 e. The van der Waals surface area contributed by atoms with Crippen molar-refractivity contribution in [3.05, 3.63) is 35.9 Å². The molecule has 1 aromatic carbocycles. The molecular weight excluding hydrogens is 230 g/mol. The van der Waals surface area contributed by atoms with Gasteiger partial charge in [-0.15, -0.1) is 0 Å². The van der Waals surface area contributed by atoms with Crippen LogP contribution in [0.1, 0.15) is 18.4 Å². The van der Waals surface area contributed by atoms with E-state index in [9.17, 15) is 9.90 Å². The van der Waals surface area contributed by atoms with Crippen molar-refractivity contribution in [1.29, 1.82) is 0 Å². The molecule has 18 heavy (non-hydrogen) atoms. The van der Waals surface area contributed by atoms with Gasteiger partial charge in [-0.2, -0.15) is 0 Å². The van der Waals surface area contributed by atoms with Gasteiger partial charge in [0.15, 0.2) is 0 Å². The highest BCUT2D eigenvalue weighted by Gasteiger charge is 2.53. The van der Waals surface area contributed by atoms with Gasteiger partial charge in [0, 0.05) is 0 Å². The van der Waals surface area contributed by atoms with E-state index in [1.54, 1.807) is 4.90 Å². The molecule has 2 fully saturated rings. The first-order valence-corrected chi connectivity index (χ1v) is 6.35. The summed E-state index contributed by atoms with van der Waals surface area (Å²) in [7, 11) is 0. The Morgan fingerprint density at radius 2 is 2.00 bits per heavy atom. The summed E-state index contributed by atoms with van der Waals surface area (Å²) in [4.78, 5) is 13.3. The summed E-state index contributed by atoms with van der Waals surface area (Å²) in [6.45, 7) is 1.13. The predicted molar refractivity (Wildman–Crippen MR) is 65.9 cm³/mol. The predicted octanol–water partition coefficient (Wildman–Crippen LogP) is 1.78. The zero-order valence-electron chi connectivity index (χ0n) is 10.2. The molecule has 2 aliphatic rings. The first-order chi connectivity index (χ1) is 8.67. The topological polar surface area (TPSA) is 49.8 Å². The van der Waals surface area contributed by atoms with Crippen molar-refractivity contribution in [2.75, 3.05) is 13.1 Å². The number of amides is 1. The average molecular weight is 247 g/mol. The van der Waals surface area contributed by atoms with Crippen LogP contribution in [0.15, 0.2) is 30.3 Å². The molecule has 3 rings (SSSR count). The molecule has 96 valence electrons. The first-order valence-electron chi connectivity index (χ1n) is 6.35. The molecule has 0 aromatic heterocycles. The highest BCUT2D eigenvalue weighted by atomic mass is 16.6. The monoisotopic (exact) mass is 247 g/mol. The summed E-state index contributed by atoms with van der Waals surface area (Å²) in [5.74, 6) is 0.399. The van der Waals surface area contributed by atoms with Crippen molar-refractivity contribution in [2.24, 2.45) is 5.92 Å². The maximum Gasteiger partial charge on any atom is 0.410 e. The number of aliphatic hydroxyl groups is 1. The van der Waals surface area contributed by atoms with E-state index in [0.717, 1.165) is 18.4 Å². The van der Waals surface area contributed by atoms with E-state index in [4.69, 9.17) is 4.74 Å². The Labute approximate surface area is 106 Å². The third kappa shape index (κ3) is 2.20. The maximum absolute atomic E-state index is 11.7. The molecule has 0 radical (unpaired) electrons. The number of likely N-dealkylation sites (tertiary alicyclic amines) is 1. The molecule has 1 saturated carbocycles. The van der Waals surface area contributed by atoms with Crippen molar-refractivity contribution in [3.8, 4) is 0 Å². The van der Waals surface area contributed by atoms with E-state index in [1.165, 1.54) is 0 Å². The zero-order valence-corrected chi connectivity index (χ0v) is 10.2. The average Bonchev–Trinajstić information content (AvgIpc) is 3.18. The highest BCUT2D eigenvalue weighted by Crippen LogP contribution is 2.44. The van der Waals surface area contributed by atoms with E-state index in [0.29, 0.717) is 19.0 Å². The van der Waals surface area contributed by atoms with E-state index in [2.05, 4.69) is 0 Å². The van der Waals surface area contributed by atoms with Crippen LogP contribution in [-0.2, 0) is 11.3 Å². The molecule has 4 heteroatoms. The number of carbonyl (C=O) groups is 1. The lowest BCUT2D eigenvalue weighted by Crippen LogP contribution is -2.64. The van der Waals surface area contributed by atoms with Crippen LogP contribution >= 0.6 is 0 Å². The Morgan fingerprint density at radius 3 is 2.61 bits per heavy atom. The fourth-order valence-corrected chi connectivity index (χ4v) is 2.43. The molecule has 0 unspecified atom stereocenters. The summed E-state index contributed by atoms with van der Waals surface area (Å²) >= 11 is 0. The largest absolute Gasteiger partial charge is 0.445 e. The van der Waals surface area contributed by atoms with Crippen molar-refractivity contribution < 1.29 is 14.6 Å². The normalized spacial score (nSPS) is 21.3. The number of ether oxygens (including phenoxy) is 1. The molecule has 4 nitrogen and oxygen atoms in total. The molecule has 1 aromatic rings. The van der Waals surface area contributed by atoms with Gasteiger partial charge < -0.3 is 14.7 Å². The number of β-amino-alcohol motifs (C(OH)–C–C–N with tert-alkyl or cyclic N) is 1. The van der Waals surface area contributed by atoms with Gasteiger partial charge in [-0.3, -0.25) is 0 Å². The minimum atomic E-state index is -0.633. The summed E-state index contributed by atoms with van der Waals surface area (Å²) in [5.41, 5.74) is 0.343. The van der Waals surface area contributed by atoms with Crippen molar-refractivity contribution in [3.63, 3.8) is 0 Å². The summed E-state index contributed by atoms with van der Waals surface area (Å²) < 4.78 is 5.20. The molecule has 1 aliphatic carbocycles. The molecule has 1 aliphatic heterocycles. The lowest BCUT2D eigenvalue weighted by atomic mass is 9.89. The third-order valence-electron chi connectivity index (χ3n) is 3.73. The number of carbonyl (C=O) groups excluding carboxylic acids is 1. The minimum Gasteiger partial charge on any atom is -0.445 e. The molecule has 0 atom stereocenters. The Morgan fingerprint density at radius 1 is 1.33 bits per heavy atom. The fourth-order valence-electron chi connectivity index (χ4n) is 2.43. The number of benzene rings is 1. The molecule has 0 spiro atoms. The fraction of sp³-hybridized carbons (Fsp3) is 0.500. The van der Waals surface area contributed by atoms with Crippen LogP contribution < -0.4 is 0 Å². The Kier molecular flexibility index (Phi) is 2.74. The van der Waals surface area contributed by atoms with Gasteiger partial charge in [0.05, 0.1) is 13.1 Å². The Bertz CT molecular complexity index is 436. The third-order valence-corrected chi connectivity index (χ3v) is 3.73. The van der Waals surface area contributed by atoms with E-state index in [-0.39, 0.29) is 12.7 Å². The van der Waals surface area contributed by atoms with Crippen LogP contribution in [0.25, 0.3) is 0 Å². The van der Waals surface area contributed by atoms with Gasteiger partial charge in [-0.05, 0) is 24.3 Å². The van der Waals surface area contributed by atoms with Crippen LogP contribution in [0, 0.1) is 5.92 Å². The number of hydrogen-bond donors (Lipinski definition) is 1. The van der Waals surface area contributed by atoms with Crippen LogP contribution in [0.2, 0.25) is 0 Å². The summed E-state index contributed by atoms with van der Waals surface area (Å²) in [5, 5.41) is 10.1. The van der Waals surface area contributed by atoms with Crippen LogP contribution in [0.3, 0.4) is 0 Å². The molecule has 1 N–H and O–H groups in total. The van der Waals surface area contributed by atoms with E-state index in [1.807, 2.05) is 30.3 Å². The molecular formula is C14H17NO3. The summed E-state index contributed by atoms with van der Waals surface area (Å²) in [6, 6.07) is 9.60. The van der Waals surface area contributed by atoms with E-state index < -0.39 is 5.60 Å². The quantitative estimate of drug-likeness (QED) is 0.885. The zero-order chi connectivity index (χ0) is 12.6. The van der Waals surface area contributed by atoms with Crippen molar-refractivity contribution in [2.45, 2.75) is 25.0 Å². The van der Waals surface area contributed by atoms with E-state index >= 15 is 0 Å². The lowest BCUT2D eigenvalue weighted by molar-refractivity contribution is -0.104. The molecule has 1 amide bonds. The molecule has 0 bridgehead atoms. The van der Waals surface area contributed by atoms with Gasteiger partial charge in [0.1, 0.15) is 12.2 Å². The molecule has 1 heterocycles. The SMILES string of the molecule is O=C(OCc1ccccc1)N1CC(O)(C2CC2)C1. The number of rotatable bonds is 3. The maximum atomic E-state index is 11.7. The number of hydrogen-bond acceptors (Lipinski definition) is 3. The highest BCUT2D eigenvalue weighted by molar-refractivity contribution is 5.69. The van der Waals surface area contributed by atoms with Gasteiger partial charge >= 0.3 is 6.09 Å². The summed E-state index contributed by atoms with van der Waals surface area (Å²) in [6.07, 6.45) is 1.84. The van der Waals surface area contributed by atoms with Crippen molar-refractivity contribution in [1.82, 2.24) is 4.90 Å². The minimum absolute atomic E-state index is 0.290. The van der Waals surface area contributed by atoms with Gasteiger partial charge in [-0.25, -0.2) is 4.79 Å². The molecule has 1 saturated heterocycles. The van der Waals surface area contributed by atoms with Crippen LogP contribution in [-0.4, -0.2) is 34.8 Å². The van der Waals surface area contributed by atoms with Gasteiger partial charge in [0.25, 0.3) is 0 Å². The second-order valence-corrected chi connectivity index (χ2v) is 5.27. The van der Waals surface area contributed by atoms with Gasteiger partial charge in [0.2, 0.25) is 0 Å². The Balaban J connectivity index is 1.46.